The van der Waals surface area contributed by atoms with Crippen molar-refractivity contribution in [1.82, 2.24) is 10.2 Å². The molecule has 0 atom stereocenters. The Kier molecular flexibility index (Phi) is 4.90. The second-order valence-corrected chi connectivity index (χ2v) is 4.24. The predicted molar refractivity (Wildman–Crippen MR) is 62.7 cm³/mol. The van der Waals surface area contributed by atoms with Crippen LogP contribution in [0.2, 0.25) is 0 Å². The zero-order chi connectivity index (χ0) is 10.4. The Balaban J connectivity index is 0.000000461. The zero-order valence-corrected chi connectivity index (χ0v) is 10.1. The van der Waals surface area contributed by atoms with Crippen LogP contribution in [-0.2, 0) is 0 Å². The molecule has 2 fully saturated rings. The van der Waals surface area contributed by atoms with E-state index in [1.807, 2.05) is 13.8 Å². The monoisotopic (exact) mass is 198 g/mol. The number of likely N-dealkylation sites (tertiary alicyclic amines) is 1. The fourth-order valence-electron chi connectivity index (χ4n) is 2.59. The van der Waals surface area contributed by atoms with E-state index in [-0.39, 0.29) is 0 Å². The highest BCUT2D eigenvalue weighted by atomic mass is 15.2. The largest absolute Gasteiger partial charge is 0.311 e. The van der Waals surface area contributed by atoms with E-state index in [1.165, 1.54) is 51.9 Å². The molecule has 0 aromatic heterocycles. The maximum absolute atomic E-state index is 3.69. The quantitative estimate of drug-likeness (QED) is 0.695. The molecule has 14 heavy (non-hydrogen) atoms. The average Bonchev–Trinajstić information content (AvgIpc) is 2.71. The molecule has 0 aromatic carbocycles. The molecule has 0 amide bonds. The van der Waals surface area contributed by atoms with Crippen LogP contribution in [0.1, 0.15) is 46.5 Å². The summed E-state index contributed by atoms with van der Waals surface area (Å²) < 4.78 is 0. The minimum atomic E-state index is 0.561. The third-order valence-corrected chi connectivity index (χ3v) is 3.59. The van der Waals surface area contributed by atoms with Gasteiger partial charge in [-0.05, 0) is 51.9 Å². The van der Waals surface area contributed by atoms with Crippen LogP contribution in [0.5, 0.6) is 0 Å². The van der Waals surface area contributed by atoms with Crippen molar-refractivity contribution in [2.75, 3.05) is 26.2 Å². The van der Waals surface area contributed by atoms with Crippen LogP contribution in [-0.4, -0.2) is 36.6 Å². The summed E-state index contributed by atoms with van der Waals surface area (Å²) >= 11 is 0. The maximum atomic E-state index is 3.69. The molecular weight excluding hydrogens is 172 g/mol. The molecule has 0 aliphatic carbocycles. The number of piperidine rings is 1. The SMILES string of the molecule is CC.CCN1CCC2(CCCN2)CC1. The van der Waals surface area contributed by atoms with Gasteiger partial charge >= 0.3 is 0 Å². The van der Waals surface area contributed by atoms with Gasteiger partial charge in [-0.2, -0.15) is 0 Å². The first kappa shape index (κ1) is 12.0. The smallest absolute Gasteiger partial charge is 0.0206 e. The van der Waals surface area contributed by atoms with Crippen molar-refractivity contribution in [3.05, 3.63) is 0 Å². The van der Waals surface area contributed by atoms with Gasteiger partial charge < -0.3 is 10.2 Å². The second kappa shape index (κ2) is 5.72. The van der Waals surface area contributed by atoms with E-state index in [9.17, 15) is 0 Å². The van der Waals surface area contributed by atoms with Gasteiger partial charge in [-0.3, -0.25) is 0 Å². The molecule has 2 nitrogen and oxygen atoms in total. The summed E-state index contributed by atoms with van der Waals surface area (Å²) in [4.78, 5) is 2.56. The van der Waals surface area contributed by atoms with Gasteiger partial charge in [-0.1, -0.05) is 20.8 Å². The first-order chi connectivity index (χ1) is 6.85. The Bertz CT molecular complexity index is 140. The molecule has 2 aliphatic rings. The molecule has 0 unspecified atom stereocenters. The summed E-state index contributed by atoms with van der Waals surface area (Å²) in [6.45, 7) is 11.4. The molecule has 0 aromatic rings. The van der Waals surface area contributed by atoms with E-state index in [0.29, 0.717) is 5.54 Å². The number of hydrogen-bond acceptors (Lipinski definition) is 2. The highest BCUT2D eigenvalue weighted by Gasteiger charge is 2.35. The molecule has 2 heteroatoms. The average molecular weight is 198 g/mol. The Morgan fingerprint density at radius 1 is 1.14 bits per heavy atom. The minimum absolute atomic E-state index is 0.561. The molecule has 2 saturated heterocycles. The summed E-state index contributed by atoms with van der Waals surface area (Å²) in [6.07, 6.45) is 5.57. The lowest BCUT2D eigenvalue weighted by atomic mass is 9.86. The van der Waals surface area contributed by atoms with Crippen LogP contribution in [0, 0.1) is 0 Å². The second-order valence-electron chi connectivity index (χ2n) is 4.24. The summed E-state index contributed by atoms with van der Waals surface area (Å²) in [5, 5.41) is 3.69. The zero-order valence-electron chi connectivity index (χ0n) is 10.1. The molecule has 0 radical (unpaired) electrons. The van der Waals surface area contributed by atoms with Gasteiger partial charge in [0.1, 0.15) is 0 Å². The lowest BCUT2D eigenvalue weighted by molar-refractivity contribution is 0.154. The fourth-order valence-corrected chi connectivity index (χ4v) is 2.59. The van der Waals surface area contributed by atoms with Crippen molar-refractivity contribution in [1.29, 1.82) is 0 Å². The van der Waals surface area contributed by atoms with E-state index in [1.54, 1.807) is 0 Å². The third-order valence-electron chi connectivity index (χ3n) is 3.59. The van der Waals surface area contributed by atoms with Crippen molar-refractivity contribution in [2.24, 2.45) is 0 Å². The topological polar surface area (TPSA) is 15.3 Å². The van der Waals surface area contributed by atoms with Gasteiger partial charge in [-0.25, -0.2) is 0 Å². The van der Waals surface area contributed by atoms with Gasteiger partial charge in [0.2, 0.25) is 0 Å². The highest BCUT2D eigenvalue weighted by Crippen LogP contribution is 2.30. The normalized spacial score (nSPS) is 25.9. The Labute approximate surface area is 89.1 Å². The van der Waals surface area contributed by atoms with Crippen LogP contribution >= 0.6 is 0 Å². The van der Waals surface area contributed by atoms with Crippen molar-refractivity contribution in [3.8, 4) is 0 Å². The van der Waals surface area contributed by atoms with Gasteiger partial charge in [0.05, 0.1) is 0 Å². The molecule has 2 heterocycles. The summed E-state index contributed by atoms with van der Waals surface area (Å²) in [7, 11) is 0. The molecule has 2 rings (SSSR count). The number of rotatable bonds is 1. The molecule has 1 N–H and O–H groups in total. The van der Waals surface area contributed by atoms with Crippen molar-refractivity contribution < 1.29 is 0 Å². The predicted octanol–water partition coefficient (Wildman–Crippen LogP) is 2.25. The van der Waals surface area contributed by atoms with Crippen LogP contribution in [0.3, 0.4) is 0 Å². The van der Waals surface area contributed by atoms with Crippen LogP contribution < -0.4 is 5.32 Å². The van der Waals surface area contributed by atoms with Gasteiger partial charge in [0.15, 0.2) is 0 Å². The first-order valence-electron chi connectivity index (χ1n) is 6.32. The lowest BCUT2D eigenvalue weighted by Crippen LogP contribution is -2.49. The first-order valence-corrected chi connectivity index (χ1v) is 6.32. The van der Waals surface area contributed by atoms with Crippen molar-refractivity contribution >= 4 is 0 Å². The molecule has 0 bridgehead atoms. The van der Waals surface area contributed by atoms with E-state index < -0.39 is 0 Å². The third kappa shape index (κ3) is 2.71. The van der Waals surface area contributed by atoms with E-state index in [4.69, 9.17) is 0 Å². The molecular formula is C12H26N2. The molecule has 84 valence electrons. The van der Waals surface area contributed by atoms with Crippen LogP contribution in [0.4, 0.5) is 0 Å². The standard InChI is InChI=1S/C10H20N2.C2H6/c1-2-12-8-5-10(6-9-12)4-3-7-11-10;1-2/h11H,2-9H2,1H3;1-2H3. The van der Waals surface area contributed by atoms with Crippen LogP contribution in [0.15, 0.2) is 0 Å². The van der Waals surface area contributed by atoms with E-state index in [2.05, 4.69) is 17.1 Å². The molecule has 1 spiro atoms. The Morgan fingerprint density at radius 2 is 1.79 bits per heavy atom. The van der Waals surface area contributed by atoms with E-state index in [0.717, 1.165) is 0 Å². The maximum Gasteiger partial charge on any atom is 0.0206 e. The molecule has 0 saturated carbocycles. The Hall–Kier alpha value is -0.0800. The summed E-state index contributed by atoms with van der Waals surface area (Å²) in [5.74, 6) is 0. The number of hydrogen-bond donors (Lipinski definition) is 1. The highest BCUT2D eigenvalue weighted by molar-refractivity contribution is 4.96. The molecule has 2 aliphatic heterocycles. The summed E-state index contributed by atoms with van der Waals surface area (Å²) in [5.41, 5.74) is 0.561. The summed E-state index contributed by atoms with van der Waals surface area (Å²) in [6, 6.07) is 0. The van der Waals surface area contributed by atoms with Gasteiger partial charge in [-0.15, -0.1) is 0 Å². The lowest BCUT2D eigenvalue weighted by Gasteiger charge is -2.39. The van der Waals surface area contributed by atoms with E-state index >= 15 is 0 Å². The fraction of sp³-hybridized carbons (Fsp3) is 1.00. The van der Waals surface area contributed by atoms with Gasteiger partial charge in [0, 0.05) is 5.54 Å². The van der Waals surface area contributed by atoms with Crippen molar-refractivity contribution in [3.63, 3.8) is 0 Å². The van der Waals surface area contributed by atoms with Crippen LogP contribution in [0.25, 0.3) is 0 Å². The minimum Gasteiger partial charge on any atom is -0.311 e. The van der Waals surface area contributed by atoms with Gasteiger partial charge in [0.25, 0.3) is 0 Å². The Morgan fingerprint density at radius 3 is 2.21 bits per heavy atom. The number of nitrogens with zero attached hydrogens (tertiary/aromatic N) is 1. The number of nitrogens with one attached hydrogen (secondary N) is 1. The van der Waals surface area contributed by atoms with Crippen molar-refractivity contribution in [2.45, 2.75) is 52.0 Å².